The van der Waals surface area contributed by atoms with Crippen molar-refractivity contribution >= 4 is 22.7 Å². The number of hydrogen-bond donors (Lipinski definition) is 2. The predicted octanol–water partition coefficient (Wildman–Crippen LogP) is 4.92. The maximum atomic E-state index is 8.61. The van der Waals surface area contributed by atoms with E-state index >= 15 is 0 Å². The maximum Gasteiger partial charge on any atom is 0.222 e. The Morgan fingerprint density at radius 1 is 1.03 bits per heavy atom. The Labute approximate surface area is 170 Å². The largest absolute Gasteiger partial charge is 0.493 e. The van der Waals surface area contributed by atoms with E-state index in [0.717, 1.165) is 33.6 Å². The fraction of sp³-hybridized carbons (Fsp3) is 0.348. The number of benzene rings is 2. The van der Waals surface area contributed by atoms with Crippen LogP contribution in [0.2, 0.25) is 0 Å². The van der Waals surface area contributed by atoms with Crippen molar-refractivity contribution < 1.29 is 4.74 Å². The monoisotopic (exact) mass is 387 g/mol. The predicted molar refractivity (Wildman–Crippen MR) is 116 cm³/mol. The molecule has 1 aromatic heterocycles. The first-order chi connectivity index (χ1) is 14.2. The summed E-state index contributed by atoms with van der Waals surface area (Å²) in [5, 5.41) is 13.2. The molecule has 0 amide bonds. The molecule has 3 aromatic rings. The molecule has 0 unspecified atom stereocenters. The van der Waals surface area contributed by atoms with Gasteiger partial charge in [-0.3, -0.25) is 0 Å². The van der Waals surface area contributed by atoms with Crippen molar-refractivity contribution in [1.82, 2.24) is 9.97 Å². The standard InChI is InChI=1S/C23H25N5O/c24-13-4-14-29-19-10-7-16(8-11-19)17-9-12-21-20(15-17)22(28-23(25)27-21)26-18-5-2-1-3-6-18/h7-12,15,18H,1-6,14H2,(H3,25,26,27,28). The lowest BCUT2D eigenvalue weighted by Crippen LogP contribution is -2.23. The first-order valence-electron chi connectivity index (χ1n) is 10.2. The molecule has 0 spiro atoms. The number of aromatic nitrogens is 2. The summed E-state index contributed by atoms with van der Waals surface area (Å²) in [6.45, 7) is 0.404. The molecule has 148 valence electrons. The molecule has 0 aliphatic heterocycles. The van der Waals surface area contributed by atoms with Gasteiger partial charge in [0, 0.05) is 11.4 Å². The molecular weight excluding hydrogens is 362 g/mol. The zero-order chi connectivity index (χ0) is 20.1. The van der Waals surface area contributed by atoms with Gasteiger partial charge in [-0.15, -0.1) is 0 Å². The number of nitriles is 1. The number of hydrogen-bond acceptors (Lipinski definition) is 6. The Morgan fingerprint density at radius 3 is 2.55 bits per heavy atom. The van der Waals surface area contributed by atoms with Gasteiger partial charge < -0.3 is 15.8 Å². The average molecular weight is 387 g/mol. The number of nitrogen functional groups attached to an aromatic ring is 1. The van der Waals surface area contributed by atoms with Gasteiger partial charge in [-0.05, 0) is 48.2 Å². The second-order valence-electron chi connectivity index (χ2n) is 7.42. The van der Waals surface area contributed by atoms with Gasteiger partial charge in [-0.25, -0.2) is 4.98 Å². The summed E-state index contributed by atoms with van der Waals surface area (Å²) in [6, 6.07) is 16.6. The summed E-state index contributed by atoms with van der Waals surface area (Å²) in [7, 11) is 0. The molecule has 1 aliphatic rings. The van der Waals surface area contributed by atoms with E-state index in [1.807, 2.05) is 36.4 Å². The van der Waals surface area contributed by atoms with Crippen LogP contribution in [0.1, 0.15) is 38.5 Å². The first-order valence-corrected chi connectivity index (χ1v) is 10.2. The average Bonchev–Trinajstić information content (AvgIpc) is 2.75. The van der Waals surface area contributed by atoms with Crippen LogP contribution in [-0.4, -0.2) is 22.6 Å². The summed E-state index contributed by atoms with van der Waals surface area (Å²) in [4.78, 5) is 8.90. The van der Waals surface area contributed by atoms with Gasteiger partial charge in [-0.2, -0.15) is 10.2 Å². The van der Waals surface area contributed by atoms with Crippen LogP contribution >= 0.6 is 0 Å². The fourth-order valence-electron chi connectivity index (χ4n) is 3.83. The minimum Gasteiger partial charge on any atom is -0.493 e. The van der Waals surface area contributed by atoms with Crippen LogP contribution < -0.4 is 15.8 Å². The zero-order valence-corrected chi connectivity index (χ0v) is 16.4. The summed E-state index contributed by atoms with van der Waals surface area (Å²) in [6.07, 6.45) is 6.53. The third-order valence-electron chi connectivity index (χ3n) is 5.33. The minimum absolute atomic E-state index is 0.294. The minimum atomic E-state index is 0.294. The second-order valence-corrected chi connectivity index (χ2v) is 7.42. The van der Waals surface area contributed by atoms with Crippen LogP contribution in [-0.2, 0) is 0 Å². The molecule has 1 heterocycles. The molecule has 6 nitrogen and oxygen atoms in total. The van der Waals surface area contributed by atoms with Crippen LogP contribution in [0.15, 0.2) is 42.5 Å². The van der Waals surface area contributed by atoms with E-state index < -0.39 is 0 Å². The highest BCUT2D eigenvalue weighted by Gasteiger charge is 2.16. The van der Waals surface area contributed by atoms with Crippen molar-refractivity contribution in [3.63, 3.8) is 0 Å². The van der Waals surface area contributed by atoms with Crippen molar-refractivity contribution in [1.29, 1.82) is 5.26 Å². The fourth-order valence-corrected chi connectivity index (χ4v) is 3.83. The Hall–Kier alpha value is -3.33. The second kappa shape index (κ2) is 8.78. The molecular formula is C23H25N5O. The lowest BCUT2D eigenvalue weighted by atomic mass is 9.95. The van der Waals surface area contributed by atoms with Gasteiger partial charge in [0.2, 0.25) is 5.95 Å². The topological polar surface area (TPSA) is 96.8 Å². The van der Waals surface area contributed by atoms with Crippen LogP contribution in [0.5, 0.6) is 5.75 Å². The third kappa shape index (κ3) is 4.57. The van der Waals surface area contributed by atoms with Gasteiger partial charge >= 0.3 is 0 Å². The van der Waals surface area contributed by atoms with Crippen molar-refractivity contribution in [2.75, 3.05) is 17.7 Å². The molecule has 1 aliphatic carbocycles. The van der Waals surface area contributed by atoms with Gasteiger partial charge in [-0.1, -0.05) is 37.5 Å². The summed E-state index contributed by atoms with van der Waals surface area (Å²) >= 11 is 0. The third-order valence-corrected chi connectivity index (χ3v) is 5.33. The zero-order valence-electron chi connectivity index (χ0n) is 16.4. The number of anilines is 2. The van der Waals surface area contributed by atoms with E-state index in [4.69, 9.17) is 15.7 Å². The van der Waals surface area contributed by atoms with Crippen LogP contribution in [0.4, 0.5) is 11.8 Å². The van der Waals surface area contributed by atoms with Crippen LogP contribution in [0.3, 0.4) is 0 Å². The molecule has 0 radical (unpaired) electrons. The Balaban J connectivity index is 1.61. The van der Waals surface area contributed by atoms with E-state index in [2.05, 4.69) is 27.4 Å². The molecule has 4 rings (SSSR count). The van der Waals surface area contributed by atoms with Crippen LogP contribution in [0, 0.1) is 11.3 Å². The summed E-state index contributed by atoms with van der Waals surface area (Å²) in [5.74, 6) is 1.88. The normalized spacial score (nSPS) is 14.4. The number of fused-ring (bicyclic) bond motifs is 1. The van der Waals surface area contributed by atoms with Gasteiger partial charge in [0.15, 0.2) is 0 Å². The summed E-state index contributed by atoms with van der Waals surface area (Å²) < 4.78 is 5.56. The van der Waals surface area contributed by atoms with Crippen molar-refractivity contribution in [2.24, 2.45) is 0 Å². The number of rotatable bonds is 6. The summed E-state index contributed by atoms with van der Waals surface area (Å²) in [5.41, 5.74) is 8.96. The molecule has 0 atom stereocenters. The van der Waals surface area contributed by atoms with E-state index in [1.165, 1.54) is 32.1 Å². The number of nitrogens with one attached hydrogen (secondary N) is 1. The highest BCUT2D eigenvalue weighted by atomic mass is 16.5. The molecule has 1 fully saturated rings. The van der Waals surface area contributed by atoms with Crippen molar-refractivity contribution in [2.45, 2.75) is 44.6 Å². The molecule has 0 bridgehead atoms. The lowest BCUT2D eigenvalue weighted by molar-refractivity contribution is 0.326. The Morgan fingerprint density at radius 2 is 1.79 bits per heavy atom. The molecule has 1 saturated carbocycles. The smallest absolute Gasteiger partial charge is 0.222 e. The SMILES string of the molecule is N#CCCOc1ccc(-c2ccc3nc(N)nc(NC4CCCCC4)c3c2)cc1. The Kier molecular flexibility index (Phi) is 5.76. The molecule has 29 heavy (non-hydrogen) atoms. The molecule has 3 N–H and O–H groups in total. The molecule has 0 saturated heterocycles. The highest BCUT2D eigenvalue weighted by Crippen LogP contribution is 2.30. The van der Waals surface area contributed by atoms with Crippen molar-refractivity contribution in [3.05, 3.63) is 42.5 Å². The van der Waals surface area contributed by atoms with Gasteiger partial charge in [0.1, 0.15) is 18.2 Å². The maximum absolute atomic E-state index is 8.61. The van der Waals surface area contributed by atoms with Gasteiger partial charge in [0.25, 0.3) is 0 Å². The van der Waals surface area contributed by atoms with E-state index in [-0.39, 0.29) is 0 Å². The molecule has 6 heteroatoms. The van der Waals surface area contributed by atoms with E-state index in [0.29, 0.717) is 25.0 Å². The van der Waals surface area contributed by atoms with Gasteiger partial charge in [0.05, 0.1) is 18.0 Å². The Bertz CT molecular complexity index is 1020. The number of nitrogens with zero attached hydrogens (tertiary/aromatic N) is 3. The number of nitrogens with two attached hydrogens (primary N) is 1. The first kappa shape index (κ1) is 19.0. The van der Waals surface area contributed by atoms with E-state index in [1.54, 1.807) is 0 Å². The molecule has 2 aromatic carbocycles. The van der Waals surface area contributed by atoms with Crippen molar-refractivity contribution in [3.8, 4) is 22.9 Å². The van der Waals surface area contributed by atoms with E-state index in [9.17, 15) is 0 Å². The quantitative estimate of drug-likeness (QED) is 0.583. The lowest BCUT2D eigenvalue weighted by Gasteiger charge is -2.24. The number of ether oxygens (including phenoxy) is 1. The highest BCUT2D eigenvalue weighted by molar-refractivity contribution is 5.93. The van der Waals surface area contributed by atoms with Crippen LogP contribution in [0.25, 0.3) is 22.0 Å².